The van der Waals surface area contributed by atoms with Crippen LogP contribution >= 0.6 is 0 Å². The van der Waals surface area contributed by atoms with Gasteiger partial charge in [0.25, 0.3) is 5.91 Å². The monoisotopic (exact) mass is 320 g/mol. The van der Waals surface area contributed by atoms with Crippen molar-refractivity contribution < 1.29 is 14.7 Å². The Kier molecular flexibility index (Phi) is 4.39. The number of nitrogens with zero attached hydrogens (tertiary/aromatic N) is 3. The molecule has 1 fully saturated rings. The normalized spacial score (nSPS) is 24.2. The highest BCUT2D eigenvalue weighted by Crippen LogP contribution is 2.24. The van der Waals surface area contributed by atoms with Crippen molar-refractivity contribution in [1.82, 2.24) is 20.0 Å². The minimum absolute atomic E-state index is 0.0485. The molecule has 1 saturated heterocycles. The second-order valence-corrected chi connectivity index (χ2v) is 6.51. The van der Waals surface area contributed by atoms with E-state index in [1.54, 1.807) is 9.58 Å². The molecular formula is C16H24N4O3. The predicted octanol–water partition coefficient (Wildman–Crippen LogP) is 0.0104. The molecule has 2 N–H and O–H groups in total. The van der Waals surface area contributed by atoms with Crippen LogP contribution < -0.4 is 5.32 Å². The number of nitrogens with one attached hydrogen (secondary N) is 1. The van der Waals surface area contributed by atoms with E-state index in [0.717, 1.165) is 36.9 Å². The van der Waals surface area contributed by atoms with E-state index in [2.05, 4.69) is 10.4 Å². The molecule has 0 unspecified atom stereocenters. The maximum absolute atomic E-state index is 12.6. The fourth-order valence-electron chi connectivity index (χ4n) is 3.58. The van der Waals surface area contributed by atoms with Crippen molar-refractivity contribution in [2.45, 2.75) is 51.2 Å². The number of β-amino-alcohol motifs (C(OH)–C–C–N with tert-alkyl or cyclic N) is 1. The van der Waals surface area contributed by atoms with E-state index in [9.17, 15) is 14.7 Å². The molecule has 0 bridgehead atoms. The van der Waals surface area contributed by atoms with Crippen LogP contribution in [0.15, 0.2) is 0 Å². The standard InChI is InChI=1S/C16H24N4O3/c1-10(21)20-8-7-12(14(22)9-20)17-16(23)15-11-5-3-4-6-13(11)19(2)18-15/h12,14,22H,3-9H2,1-2H3,(H,17,23)/t12-,14-/m1/s1. The van der Waals surface area contributed by atoms with Gasteiger partial charge in [0.05, 0.1) is 12.1 Å². The molecule has 0 spiro atoms. The first-order valence-electron chi connectivity index (χ1n) is 8.26. The first-order chi connectivity index (χ1) is 11.0. The molecule has 0 radical (unpaired) electrons. The summed E-state index contributed by atoms with van der Waals surface area (Å²) < 4.78 is 1.80. The van der Waals surface area contributed by atoms with Gasteiger partial charge in [0, 0.05) is 38.3 Å². The van der Waals surface area contributed by atoms with Gasteiger partial charge < -0.3 is 15.3 Å². The lowest BCUT2D eigenvalue weighted by Gasteiger charge is -2.35. The van der Waals surface area contributed by atoms with Crippen LogP contribution in [0, 0.1) is 0 Å². The summed E-state index contributed by atoms with van der Waals surface area (Å²) in [5, 5.41) is 17.5. The summed E-state index contributed by atoms with van der Waals surface area (Å²) in [6, 6.07) is -0.334. The second-order valence-electron chi connectivity index (χ2n) is 6.51. The maximum Gasteiger partial charge on any atom is 0.272 e. The molecule has 23 heavy (non-hydrogen) atoms. The van der Waals surface area contributed by atoms with E-state index in [4.69, 9.17) is 0 Å². The Morgan fingerprint density at radius 3 is 2.74 bits per heavy atom. The molecule has 1 aliphatic heterocycles. The number of likely N-dealkylation sites (tertiary alicyclic amines) is 1. The molecule has 1 aromatic rings. The number of carbonyl (C=O) groups is 2. The molecule has 2 amide bonds. The Bertz CT molecular complexity index is 625. The molecule has 7 heteroatoms. The van der Waals surface area contributed by atoms with Crippen LogP contribution in [0.4, 0.5) is 0 Å². The van der Waals surface area contributed by atoms with Gasteiger partial charge in [0.1, 0.15) is 0 Å². The van der Waals surface area contributed by atoms with Crippen molar-refractivity contribution in [3.8, 4) is 0 Å². The lowest BCUT2D eigenvalue weighted by molar-refractivity contribution is -0.132. The van der Waals surface area contributed by atoms with Crippen LogP contribution in [0.5, 0.6) is 0 Å². The number of aryl methyl sites for hydroxylation is 1. The molecule has 3 rings (SSSR count). The smallest absolute Gasteiger partial charge is 0.272 e. The minimum atomic E-state index is -0.740. The quantitative estimate of drug-likeness (QED) is 0.803. The predicted molar refractivity (Wildman–Crippen MR) is 84.0 cm³/mol. The third-order valence-electron chi connectivity index (χ3n) is 4.92. The number of aliphatic hydroxyl groups is 1. The number of carbonyl (C=O) groups excluding carboxylic acids is 2. The van der Waals surface area contributed by atoms with Gasteiger partial charge in [0.15, 0.2) is 5.69 Å². The van der Waals surface area contributed by atoms with E-state index in [1.165, 1.54) is 6.92 Å². The molecular weight excluding hydrogens is 296 g/mol. The number of hydrogen-bond acceptors (Lipinski definition) is 4. The summed E-state index contributed by atoms with van der Waals surface area (Å²) in [4.78, 5) is 25.6. The molecule has 0 aromatic carbocycles. The summed E-state index contributed by atoms with van der Waals surface area (Å²) in [5.41, 5.74) is 2.68. The van der Waals surface area contributed by atoms with Crippen LogP contribution in [0.1, 0.15) is 47.9 Å². The van der Waals surface area contributed by atoms with Crippen molar-refractivity contribution in [2.75, 3.05) is 13.1 Å². The zero-order valence-electron chi connectivity index (χ0n) is 13.7. The van der Waals surface area contributed by atoms with Gasteiger partial charge in [-0.15, -0.1) is 0 Å². The first-order valence-corrected chi connectivity index (χ1v) is 8.26. The van der Waals surface area contributed by atoms with E-state index in [0.29, 0.717) is 18.7 Å². The summed E-state index contributed by atoms with van der Waals surface area (Å²) in [6.45, 7) is 2.31. The average molecular weight is 320 g/mol. The van der Waals surface area contributed by atoms with Gasteiger partial charge in [-0.3, -0.25) is 14.3 Å². The van der Waals surface area contributed by atoms with Gasteiger partial charge in [-0.1, -0.05) is 0 Å². The molecule has 1 aromatic heterocycles. The molecule has 1 aliphatic carbocycles. The van der Waals surface area contributed by atoms with Crippen LogP contribution in [-0.2, 0) is 24.7 Å². The van der Waals surface area contributed by atoms with Gasteiger partial charge in [-0.05, 0) is 32.1 Å². The van der Waals surface area contributed by atoms with E-state index < -0.39 is 6.10 Å². The Balaban J connectivity index is 1.69. The molecule has 2 aliphatic rings. The van der Waals surface area contributed by atoms with Gasteiger partial charge >= 0.3 is 0 Å². The average Bonchev–Trinajstić information content (AvgIpc) is 2.87. The molecule has 2 heterocycles. The third kappa shape index (κ3) is 3.10. The zero-order chi connectivity index (χ0) is 16.6. The Labute approximate surface area is 135 Å². The number of hydrogen-bond donors (Lipinski definition) is 2. The van der Waals surface area contributed by atoms with Gasteiger partial charge in [0.2, 0.25) is 5.91 Å². The van der Waals surface area contributed by atoms with Gasteiger partial charge in [-0.25, -0.2) is 0 Å². The maximum atomic E-state index is 12.6. The minimum Gasteiger partial charge on any atom is -0.389 e. The van der Waals surface area contributed by atoms with Crippen molar-refractivity contribution in [3.63, 3.8) is 0 Å². The van der Waals surface area contributed by atoms with Crippen molar-refractivity contribution >= 4 is 11.8 Å². The van der Waals surface area contributed by atoms with Crippen molar-refractivity contribution in [3.05, 3.63) is 17.0 Å². The van der Waals surface area contributed by atoms with Crippen LogP contribution in [-0.4, -0.2) is 56.8 Å². The van der Waals surface area contributed by atoms with Crippen molar-refractivity contribution in [1.29, 1.82) is 0 Å². The lowest BCUT2D eigenvalue weighted by Crippen LogP contribution is -2.55. The highest BCUT2D eigenvalue weighted by Gasteiger charge is 2.32. The Morgan fingerprint density at radius 1 is 1.30 bits per heavy atom. The third-order valence-corrected chi connectivity index (χ3v) is 4.92. The Morgan fingerprint density at radius 2 is 2.04 bits per heavy atom. The summed E-state index contributed by atoms with van der Waals surface area (Å²) in [7, 11) is 1.88. The number of aromatic nitrogens is 2. The van der Waals surface area contributed by atoms with Gasteiger partial charge in [-0.2, -0.15) is 5.10 Å². The largest absolute Gasteiger partial charge is 0.389 e. The highest BCUT2D eigenvalue weighted by molar-refractivity contribution is 5.94. The fraction of sp³-hybridized carbons (Fsp3) is 0.688. The fourth-order valence-corrected chi connectivity index (χ4v) is 3.58. The number of rotatable bonds is 2. The van der Waals surface area contributed by atoms with Crippen LogP contribution in [0.2, 0.25) is 0 Å². The van der Waals surface area contributed by atoms with Crippen LogP contribution in [0.25, 0.3) is 0 Å². The highest BCUT2D eigenvalue weighted by atomic mass is 16.3. The molecule has 126 valence electrons. The summed E-state index contributed by atoms with van der Waals surface area (Å²) in [6.07, 6.45) is 3.88. The topological polar surface area (TPSA) is 87.5 Å². The van der Waals surface area contributed by atoms with E-state index >= 15 is 0 Å². The van der Waals surface area contributed by atoms with Crippen molar-refractivity contribution in [2.24, 2.45) is 7.05 Å². The zero-order valence-corrected chi connectivity index (χ0v) is 13.7. The first kappa shape index (κ1) is 16.0. The van der Waals surface area contributed by atoms with E-state index in [-0.39, 0.29) is 24.4 Å². The molecule has 0 saturated carbocycles. The Hall–Kier alpha value is -1.89. The summed E-state index contributed by atoms with van der Waals surface area (Å²) in [5.74, 6) is -0.267. The van der Waals surface area contributed by atoms with Crippen LogP contribution in [0.3, 0.4) is 0 Å². The number of piperidine rings is 1. The number of amides is 2. The molecule has 7 nitrogen and oxygen atoms in total. The number of aliphatic hydroxyl groups excluding tert-OH is 1. The second kappa shape index (κ2) is 6.31. The van der Waals surface area contributed by atoms with E-state index in [1.807, 2.05) is 7.05 Å². The number of fused-ring (bicyclic) bond motifs is 1. The SMILES string of the molecule is CC(=O)N1CC[C@@H](NC(=O)c2nn(C)c3c2CCCC3)[C@H](O)C1. The lowest BCUT2D eigenvalue weighted by atomic mass is 9.95. The summed E-state index contributed by atoms with van der Waals surface area (Å²) >= 11 is 0. The molecule has 2 atom stereocenters.